The van der Waals surface area contributed by atoms with Crippen LogP contribution in [0.1, 0.15) is 23.6 Å². The van der Waals surface area contributed by atoms with E-state index in [4.69, 9.17) is 4.98 Å². The summed E-state index contributed by atoms with van der Waals surface area (Å²) in [5, 5.41) is 5.67. The van der Waals surface area contributed by atoms with E-state index in [1.807, 2.05) is 29.1 Å². The van der Waals surface area contributed by atoms with E-state index < -0.39 is 0 Å². The molecule has 0 radical (unpaired) electrons. The molecule has 172 valence electrons. The summed E-state index contributed by atoms with van der Waals surface area (Å²) in [5.41, 5.74) is 4.57. The fourth-order valence-electron chi connectivity index (χ4n) is 5.94. The molecule has 7 rings (SSSR count). The molecule has 6 heteroatoms. The molecule has 4 heterocycles. The van der Waals surface area contributed by atoms with Crippen LogP contribution >= 0.6 is 0 Å². The number of fused-ring (bicyclic) bond motifs is 3. The molecule has 2 aliphatic rings. The number of nitrogens with zero attached hydrogens (tertiary/aromatic N) is 6. The Labute approximate surface area is 204 Å². The Balaban J connectivity index is 1.21. The van der Waals surface area contributed by atoms with Crippen LogP contribution in [0.2, 0.25) is 0 Å². The molecular formula is C29H26N6. The smallest absolute Gasteiger partial charge is 0.168 e. The minimum Gasteiger partial charge on any atom is -0.350 e. The molecule has 2 atom stereocenters. The maximum Gasteiger partial charge on any atom is 0.168 e. The van der Waals surface area contributed by atoms with Gasteiger partial charge in [-0.05, 0) is 29.7 Å². The van der Waals surface area contributed by atoms with Crippen LogP contribution in [0.5, 0.6) is 0 Å². The second-order valence-electron chi connectivity index (χ2n) is 9.44. The first kappa shape index (κ1) is 20.4. The Morgan fingerprint density at radius 2 is 1.37 bits per heavy atom. The van der Waals surface area contributed by atoms with E-state index in [-0.39, 0.29) is 6.04 Å². The zero-order chi connectivity index (χ0) is 23.2. The minimum atomic E-state index is 0.265. The maximum atomic E-state index is 4.74. The highest BCUT2D eigenvalue weighted by atomic mass is 15.4. The van der Waals surface area contributed by atoms with Crippen molar-refractivity contribution in [2.45, 2.75) is 24.5 Å². The van der Waals surface area contributed by atoms with Crippen LogP contribution in [-0.2, 0) is 0 Å². The average Bonchev–Trinajstić information content (AvgIpc) is 3.65. The standard InChI is InChI=1S/C29H26N6/c1-4-10-21(11-5-1)27(22-12-6-2-7-13-22)33-18-25-16-24(33)19-34(25)28-26-17-32-35(29(26)31-20-30-28)23-14-8-3-9-15-23/h1-15,17,20,24-25,27H,16,18-19H2. The third-order valence-corrected chi connectivity index (χ3v) is 7.46. The lowest BCUT2D eigenvalue weighted by Gasteiger charge is -2.40. The third-order valence-electron chi connectivity index (χ3n) is 7.46. The molecular weight excluding hydrogens is 432 g/mol. The topological polar surface area (TPSA) is 50.1 Å². The van der Waals surface area contributed by atoms with E-state index in [2.05, 4.69) is 92.7 Å². The summed E-state index contributed by atoms with van der Waals surface area (Å²) in [4.78, 5) is 14.5. The fraction of sp³-hybridized carbons (Fsp3) is 0.207. The summed E-state index contributed by atoms with van der Waals surface area (Å²) in [7, 11) is 0. The second-order valence-corrected chi connectivity index (χ2v) is 9.44. The molecule has 0 saturated carbocycles. The van der Waals surface area contributed by atoms with E-state index in [0.29, 0.717) is 12.1 Å². The molecule has 2 fully saturated rings. The number of piperazine rings is 1. The van der Waals surface area contributed by atoms with Crippen molar-refractivity contribution >= 4 is 16.9 Å². The van der Waals surface area contributed by atoms with Crippen LogP contribution in [-0.4, -0.2) is 49.8 Å². The molecule has 0 N–H and O–H groups in total. The fourth-order valence-corrected chi connectivity index (χ4v) is 5.94. The number of rotatable bonds is 5. The molecule has 6 nitrogen and oxygen atoms in total. The lowest BCUT2D eigenvalue weighted by Crippen LogP contribution is -2.48. The zero-order valence-corrected chi connectivity index (χ0v) is 19.4. The highest BCUT2D eigenvalue weighted by Crippen LogP contribution is 2.42. The molecule has 0 amide bonds. The van der Waals surface area contributed by atoms with E-state index >= 15 is 0 Å². The lowest BCUT2D eigenvalue weighted by molar-refractivity contribution is 0.194. The summed E-state index contributed by atoms with van der Waals surface area (Å²) >= 11 is 0. The first-order valence-corrected chi connectivity index (χ1v) is 12.2. The van der Waals surface area contributed by atoms with E-state index in [9.17, 15) is 0 Å². The van der Waals surface area contributed by atoms with Crippen molar-refractivity contribution in [2.24, 2.45) is 0 Å². The van der Waals surface area contributed by atoms with Gasteiger partial charge in [0.25, 0.3) is 0 Å². The first-order chi connectivity index (χ1) is 17.4. The molecule has 3 aromatic carbocycles. The summed E-state index contributed by atoms with van der Waals surface area (Å²) in [6.45, 7) is 1.97. The summed E-state index contributed by atoms with van der Waals surface area (Å²) in [6.07, 6.45) is 4.74. The summed E-state index contributed by atoms with van der Waals surface area (Å²) in [6, 6.07) is 33.1. The van der Waals surface area contributed by atoms with Crippen LogP contribution in [0.25, 0.3) is 16.7 Å². The predicted octanol–water partition coefficient (Wildman–Crippen LogP) is 4.87. The van der Waals surface area contributed by atoms with Crippen molar-refractivity contribution in [1.82, 2.24) is 24.6 Å². The number of anilines is 1. The van der Waals surface area contributed by atoms with Gasteiger partial charge < -0.3 is 4.90 Å². The van der Waals surface area contributed by atoms with Crippen LogP contribution in [0.15, 0.2) is 104 Å². The van der Waals surface area contributed by atoms with Gasteiger partial charge in [-0.1, -0.05) is 78.9 Å². The first-order valence-electron chi connectivity index (χ1n) is 12.2. The maximum absolute atomic E-state index is 4.74. The molecule has 0 aliphatic carbocycles. The monoisotopic (exact) mass is 458 g/mol. The number of benzene rings is 3. The van der Waals surface area contributed by atoms with Crippen molar-refractivity contribution < 1.29 is 0 Å². The Morgan fingerprint density at radius 3 is 2.00 bits per heavy atom. The van der Waals surface area contributed by atoms with Crippen molar-refractivity contribution in [3.63, 3.8) is 0 Å². The molecule has 35 heavy (non-hydrogen) atoms. The molecule has 2 aliphatic heterocycles. The molecule has 2 aromatic heterocycles. The Morgan fingerprint density at radius 1 is 0.714 bits per heavy atom. The van der Waals surface area contributed by atoms with Gasteiger partial charge in [0.15, 0.2) is 5.65 Å². The molecule has 5 aromatic rings. The van der Waals surface area contributed by atoms with Gasteiger partial charge in [0.2, 0.25) is 0 Å². The van der Waals surface area contributed by atoms with Gasteiger partial charge in [-0.3, -0.25) is 4.90 Å². The quantitative estimate of drug-likeness (QED) is 0.376. The van der Waals surface area contributed by atoms with Gasteiger partial charge in [-0.25, -0.2) is 14.6 Å². The largest absolute Gasteiger partial charge is 0.350 e. The third kappa shape index (κ3) is 3.41. The average molecular weight is 459 g/mol. The van der Waals surface area contributed by atoms with E-state index in [1.165, 1.54) is 11.1 Å². The van der Waals surface area contributed by atoms with Crippen molar-refractivity contribution in [1.29, 1.82) is 0 Å². The van der Waals surface area contributed by atoms with E-state index in [0.717, 1.165) is 42.0 Å². The normalized spacial score (nSPS) is 19.7. The summed E-state index contributed by atoms with van der Waals surface area (Å²) in [5.74, 6) is 1.00. The summed E-state index contributed by atoms with van der Waals surface area (Å²) < 4.78 is 1.90. The SMILES string of the molecule is c1ccc(C(c2ccccc2)N2CC3CC2CN3c2ncnc3c2cnn3-c2ccccc2)cc1. The molecule has 2 unspecified atom stereocenters. The number of aromatic nitrogens is 4. The number of likely N-dealkylation sites (tertiary alicyclic amines) is 1. The molecule has 0 spiro atoms. The van der Waals surface area contributed by atoms with Crippen LogP contribution in [0.3, 0.4) is 0 Å². The van der Waals surface area contributed by atoms with E-state index in [1.54, 1.807) is 6.33 Å². The predicted molar refractivity (Wildman–Crippen MR) is 138 cm³/mol. The highest BCUT2D eigenvalue weighted by Gasteiger charge is 2.47. The lowest BCUT2D eigenvalue weighted by atomic mass is 9.96. The molecule has 2 bridgehead atoms. The van der Waals surface area contributed by atoms with Gasteiger partial charge in [0.05, 0.1) is 23.3 Å². The van der Waals surface area contributed by atoms with Gasteiger partial charge >= 0.3 is 0 Å². The van der Waals surface area contributed by atoms with Crippen LogP contribution in [0.4, 0.5) is 5.82 Å². The van der Waals surface area contributed by atoms with Gasteiger partial charge in [-0.15, -0.1) is 0 Å². The Bertz CT molecular complexity index is 1410. The Hall–Kier alpha value is -4.03. The van der Waals surface area contributed by atoms with Crippen molar-refractivity contribution in [2.75, 3.05) is 18.0 Å². The van der Waals surface area contributed by atoms with Crippen molar-refractivity contribution in [3.8, 4) is 5.69 Å². The van der Waals surface area contributed by atoms with Gasteiger partial charge in [-0.2, -0.15) is 5.10 Å². The van der Waals surface area contributed by atoms with Gasteiger partial charge in [0, 0.05) is 25.2 Å². The van der Waals surface area contributed by atoms with Crippen LogP contribution in [0, 0.1) is 0 Å². The highest BCUT2D eigenvalue weighted by molar-refractivity contribution is 5.88. The Kier molecular flexibility index (Phi) is 4.84. The minimum absolute atomic E-state index is 0.265. The van der Waals surface area contributed by atoms with Gasteiger partial charge in [0.1, 0.15) is 12.1 Å². The zero-order valence-electron chi connectivity index (χ0n) is 19.4. The number of hydrogen-bond acceptors (Lipinski definition) is 5. The second kappa shape index (κ2) is 8.32. The van der Waals surface area contributed by atoms with Crippen molar-refractivity contribution in [3.05, 3.63) is 115 Å². The number of hydrogen-bond donors (Lipinski definition) is 0. The molecule has 2 saturated heterocycles. The number of para-hydroxylation sites is 1. The van der Waals surface area contributed by atoms with Crippen LogP contribution < -0.4 is 4.90 Å².